The zero-order chi connectivity index (χ0) is 22.9. The summed E-state index contributed by atoms with van der Waals surface area (Å²) in [5.41, 5.74) is 6.31. The maximum Gasteiger partial charge on any atom is 0.256 e. The van der Waals surface area contributed by atoms with Crippen LogP contribution in [0.1, 0.15) is 38.2 Å². The highest BCUT2D eigenvalue weighted by Crippen LogP contribution is 2.18. The molecule has 0 atom stereocenters. The van der Waals surface area contributed by atoms with Gasteiger partial charge in [-0.2, -0.15) is 0 Å². The maximum atomic E-state index is 13.7. The van der Waals surface area contributed by atoms with Crippen molar-refractivity contribution in [2.24, 2.45) is 0 Å². The third-order valence-electron chi connectivity index (χ3n) is 5.63. The minimum absolute atomic E-state index is 0.0192. The van der Waals surface area contributed by atoms with Crippen LogP contribution >= 0.6 is 0 Å². The Labute approximate surface area is 196 Å². The van der Waals surface area contributed by atoms with Crippen LogP contribution in [0.25, 0.3) is 0 Å². The van der Waals surface area contributed by atoms with E-state index in [0.717, 1.165) is 22.3 Å². The molecule has 3 nitrogen and oxygen atoms in total. The van der Waals surface area contributed by atoms with Crippen LogP contribution in [0.3, 0.4) is 0 Å². The van der Waals surface area contributed by atoms with E-state index in [-0.39, 0.29) is 12.6 Å². The molecule has 0 unspecified atom stereocenters. The van der Waals surface area contributed by atoms with Gasteiger partial charge in [0.05, 0.1) is 6.61 Å². The van der Waals surface area contributed by atoms with Crippen molar-refractivity contribution < 1.29 is 9.53 Å². The number of carbonyl (C=O) groups is 1. The molecule has 33 heavy (non-hydrogen) atoms. The summed E-state index contributed by atoms with van der Waals surface area (Å²) in [5.74, 6) is -0.0192. The van der Waals surface area contributed by atoms with Gasteiger partial charge in [-0.15, -0.1) is 0 Å². The van der Waals surface area contributed by atoms with Gasteiger partial charge in [0.15, 0.2) is 0 Å². The molecule has 0 saturated heterocycles. The topological polar surface area (TPSA) is 29.5 Å². The highest BCUT2D eigenvalue weighted by molar-refractivity contribution is 5.95. The van der Waals surface area contributed by atoms with Gasteiger partial charge in [0, 0.05) is 12.1 Å². The zero-order valence-corrected chi connectivity index (χ0v) is 19.0. The zero-order valence-electron chi connectivity index (χ0n) is 19.0. The Balaban J connectivity index is 1.53. The van der Waals surface area contributed by atoms with E-state index < -0.39 is 0 Å². The van der Waals surface area contributed by atoms with E-state index in [0.29, 0.717) is 19.6 Å². The van der Waals surface area contributed by atoms with Crippen molar-refractivity contribution >= 4 is 5.91 Å². The lowest BCUT2D eigenvalue weighted by molar-refractivity contribution is 0.0143. The van der Waals surface area contributed by atoms with Gasteiger partial charge in [0.25, 0.3) is 5.91 Å². The lowest BCUT2D eigenvalue weighted by atomic mass is 9.99. The Bertz CT molecular complexity index is 1150. The Kier molecular flexibility index (Phi) is 7.68. The number of rotatable bonds is 9. The molecule has 0 spiro atoms. The maximum absolute atomic E-state index is 13.7. The van der Waals surface area contributed by atoms with Gasteiger partial charge in [0.1, 0.15) is 6.73 Å². The summed E-state index contributed by atoms with van der Waals surface area (Å²) in [4.78, 5) is 15.5. The van der Waals surface area contributed by atoms with E-state index in [2.05, 4.69) is 43.3 Å². The van der Waals surface area contributed by atoms with Crippen LogP contribution in [0.15, 0.2) is 109 Å². The predicted octanol–water partition coefficient (Wildman–Crippen LogP) is 6.40. The highest BCUT2D eigenvalue weighted by atomic mass is 16.5. The molecule has 0 aliphatic heterocycles. The molecular formula is C30H29NO2. The molecule has 0 aromatic heterocycles. The summed E-state index contributed by atoms with van der Waals surface area (Å²) >= 11 is 0. The van der Waals surface area contributed by atoms with Crippen LogP contribution in [-0.4, -0.2) is 17.5 Å². The van der Waals surface area contributed by atoms with Crippen LogP contribution in [0.2, 0.25) is 0 Å². The van der Waals surface area contributed by atoms with E-state index >= 15 is 0 Å². The minimum Gasteiger partial charge on any atom is -0.356 e. The van der Waals surface area contributed by atoms with E-state index in [1.54, 1.807) is 4.90 Å². The second kappa shape index (κ2) is 11.3. The van der Waals surface area contributed by atoms with Crippen molar-refractivity contribution in [3.05, 3.63) is 143 Å². The van der Waals surface area contributed by atoms with Crippen molar-refractivity contribution in [1.82, 2.24) is 4.90 Å². The Morgan fingerprint density at radius 1 is 0.697 bits per heavy atom. The molecule has 0 N–H and O–H groups in total. The predicted molar refractivity (Wildman–Crippen MR) is 133 cm³/mol. The molecule has 0 aliphatic rings. The Hall–Kier alpha value is -3.69. The largest absolute Gasteiger partial charge is 0.356 e. The van der Waals surface area contributed by atoms with E-state index in [1.165, 1.54) is 11.1 Å². The van der Waals surface area contributed by atoms with Gasteiger partial charge < -0.3 is 9.64 Å². The van der Waals surface area contributed by atoms with E-state index in [4.69, 9.17) is 4.74 Å². The first-order chi connectivity index (χ1) is 16.2. The summed E-state index contributed by atoms with van der Waals surface area (Å²) in [6.45, 7) is 3.25. The fourth-order valence-corrected chi connectivity index (χ4v) is 3.81. The van der Waals surface area contributed by atoms with Crippen LogP contribution in [-0.2, 0) is 24.3 Å². The Morgan fingerprint density at radius 2 is 1.30 bits per heavy atom. The highest BCUT2D eigenvalue weighted by Gasteiger charge is 2.19. The van der Waals surface area contributed by atoms with Crippen molar-refractivity contribution in [1.29, 1.82) is 0 Å². The molecule has 0 bridgehead atoms. The second-order valence-corrected chi connectivity index (χ2v) is 8.27. The Morgan fingerprint density at radius 3 is 2.00 bits per heavy atom. The summed E-state index contributed by atoms with van der Waals surface area (Å²) in [6, 6.07) is 36.4. The first-order valence-corrected chi connectivity index (χ1v) is 11.3. The quantitative estimate of drug-likeness (QED) is 0.285. The molecule has 1 amide bonds. The van der Waals surface area contributed by atoms with Gasteiger partial charge in [-0.25, -0.2) is 0 Å². The van der Waals surface area contributed by atoms with Gasteiger partial charge in [-0.1, -0.05) is 109 Å². The second-order valence-electron chi connectivity index (χ2n) is 8.27. The fourth-order valence-electron chi connectivity index (χ4n) is 3.81. The molecule has 0 saturated carbocycles. The SMILES string of the molecule is Cc1ccc(COCN(Cc2ccccc2)C(=O)c2ccccc2Cc2ccccc2)cc1. The third-order valence-corrected chi connectivity index (χ3v) is 5.63. The molecular weight excluding hydrogens is 406 g/mol. The summed E-state index contributed by atoms with van der Waals surface area (Å²) in [7, 11) is 0. The van der Waals surface area contributed by atoms with Crippen molar-refractivity contribution in [2.75, 3.05) is 6.73 Å². The van der Waals surface area contributed by atoms with Crippen molar-refractivity contribution in [3.63, 3.8) is 0 Å². The lowest BCUT2D eigenvalue weighted by Crippen LogP contribution is -2.33. The molecule has 4 aromatic carbocycles. The number of benzene rings is 4. The average Bonchev–Trinajstić information content (AvgIpc) is 2.86. The normalized spacial score (nSPS) is 10.7. The molecule has 4 aromatic rings. The summed E-state index contributed by atoms with van der Waals surface area (Å²) in [5, 5.41) is 0. The first-order valence-electron chi connectivity index (χ1n) is 11.3. The summed E-state index contributed by atoms with van der Waals surface area (Å²) < 4.78 is 6.00. The number of amides is 1. The average molecular weight is 436 g/mol. The van der Waals surface area contributed by atoms with E-state index in [9.17, 15) is 4.79 Å². The molecule has 3 heteroatoms. The van der Waals surface area contributed by atoms with Crippen LogP contribution in [0.5, 0.6) is 0 Å². The minimum atomic E-state index is -0.0192. The smallest absolute Gasteiger partial charge is 0.256 e. The van der Waals surface area contributed by atoms with Crippen molar-refractivity contribution in [3.8, 4) is 0 Å². The first kappa shape index (κ1) is 22.5. The van der Waals surface area contributed by atoms with Gasteiger partial charge >= 0.3 is 0 Å². The fraction of sp³-hybridized carbons (Fsp3) is 0.167. The lowest BCUT2D eigenvalue weighted by Gasteiger charge is -2.24. The monoisotopic (exact) mass is 435 g/mol. The van der Waals surface area contributed by atoms with Gasteiger partial charge in [-0.05, 0) is 41.7 Å². The number of aryl methyl sites for hydroxylation is 1. The molecule has 166 valence electrons. The van der Waals surface area contributed by atoms with Gasteiger partial charge in [-0.3, -0.25) is 4.79 Å². The van der Waals surface area contributed by atoms with Gasteiger partial charge in [0.2, 0.25) is 0 Å². The molecule has 0 radical (unpaired) electrons. The molecule has 0 fully saturated rings. The number of hydrogen-bond acceptors (Lipinski definition) is 2. The van der Waals surface area contributed by atoms with E-state index in [1.807, 2.05) is 72.8 Å². The number of nitrogens with zero attached hydrogens (tertiary/aromatic N) is 1. The molecule has 0 heterocycles. The standard InChI is InChI=1S/C30H29NO2/c1-24-16-18-27(19-17-24)22-33-23-31(21-26-12-6-3-7-13-26)30(32)29-15-9-8-14-28(29)20-25-10-4-2-5-11-25/h2-19H,20-23H2,1H3. The third kappa shape index (κ3) is 6.41. The number of ether oxygens (including phenoxy) is 1. The number of carbonyl (C=O) groups excluding carboxylic acids is 1. The molecule has 4 rings (SSSR count). The van der Waals surface area contributed by atoms with Crippen molar-refractivity contribution in [2.45, 2.75) is 26.5 Å². The van der Waals surface area contributed by atoms with Crippen LogP contribution in [0, 0.1) is 6.92 Å². The number of hydrogen-bond donors (Lipinski definition) is 0. The molecule has 0 aliphatic carbocycles. The van der Waals surface area contributed by atoms with Crippen LogP contribution in [0.4, 0.5) is 0 Å². The summed E-state index contributed by atoms with van der Waals surface area (Å²) in [6.07, 6.45) is 0.714. The van der Waals surface area contributed by atoms with Crippen LogP contribution < -0.4 is 0 Å².